The SMILES string of the molecule is C=CCC(=C(O)[C@H](O)[C@@H](O)[C@H](O)[C@H](O)CO)c1ccccc1. The van der Waals surface area contributed by atoms with Gasteiger partial charge in [-0.15, -0.1) is 6.58 Å². The van der Waals surface area contributed by atoms with Crippen LogP contribution >= 0.6 is 0 Å². The third-order valence-corrected chi connectivity index (χ3v) is 3.31. The van der Waals surface area contributed by atoms with Crippen molar-refractivity contribution in [3.8, 4) is 0 Å². The van der Waals surface area contributed by atoms with Crippen molar-refractivity contribution in [2.75, 3.05) is 6.61 Å². The van der Waals surface area contributed by atoms with Crippen molar-refractivity contribution in [3.63, 3.8) is 0 Å². The van der Waals surface area contributed by atoms with E-state index in [0.717, 1.165) is 0 Å². The summed E-state index contributed by atoms with van der Waals surface area (Å²) in [5, 5.41) is 57.7. The van der Waals surface area contributed by atoms with Crippen molar-refractivity contribution in [3.05, 3.63) is 54.3 Å². The molecule has 6 N–H and O–H groups in total. The first-order chi connectivity index (χ1) is 10.4. The molecule has 4 atom stereocenters. The zero-order chi connectivity index (χ0) is 16.7. The van der Waals surface area contributed by atoms with E-state index in [2.05, 4.69) is 6.58 Å². The molecule has 0 amide bonds. The number of hydrogen-bond donors (Lipinski definition) is 6. The quantitative estimate of drug-likeness (QED) is 0.296. The number of hydrogen-bond acceptors (Lipinski definition) is 6. The zero-order valence-electron chi connectivity index (χ0n) is 12.1. The van der Waals surface area contributed by atoms with E-state index in [9.17, 15) is 25.5 Å². The van der Waals surface area contributed by atoms with Crippen molar-refractivity contribution < 1.29 is 30.6 Å². The molecule has 1 aromatic rings. The van der Waals surface area contributed by atoms with Gasteiger partial charge in [-0.25, -0.2) is 0 Å². The van der Waals surface area contributed by atoms with Crippen LogP contribution in [-0.4, -0.2) is 61.7 Å². The Balaban J connectivity index is 3.10. The third kappa shape index (κ3) is 4.40. The monoisotopic (exact) mass is 310 g/mol. The lowest BCUT2D eigenvalue weighted by atomic mass is 9.95. The van der Waals surface area contributed by atoms with Crippen LogP contribution in [0.25, 0.3) is 5.57 Å². The first kappa shape index (κ1) is 18.3. The minimum atomic E-state index is -1.86. The summed E-state index contributed by atoms with van der Waals surface area (Å²) >= 11 is 0. The number of benzene rings is 1. The molecule has 0 aliphatic carbocycles. The first-order valence-corrected chi connectivity index (χ1v) is 6.85. The molecule has 0 aliphatic heterocycles. The lowest BCUT2D eigenvalue weighted by Gasteiger charge is -2.26. The Morgan fingerprint density at radius 3 is 2.14 bits per heavy atom. The molecule has 0 unspecified atom stereocenters. The molecule has 0 aromatic heterocycles. The summed E-state index contributed by atoms with van der Waals surface area (Å²) in [6.07, 6.45) is -5.34. The Hall–Kier alpha value is -1.70. The van der Waals surface area contributed by atoms with Crippen LogP contribution in [0.15, 0.2) is 48.7 Å². The summed E-state index contributed by atoms with van der Waals surface area (Å²) in [4.78, 5) is 0. The molecule has 0 saturated carbocycles. The molecule has 0 spiro atoms. The Morgan fingerprint density at radius 1 is 1.05 bits per heavy atom. The maximum absolute atomic E-state index is 10.2. The van der Waals surface area contributed by atoms with Gasteiger partial charge in [0.2, 0.25) is 0 Å². The molecule has 0 radical (unpaired) electrons. The summed E-state index contributed by atoms with van der Waals surface area (Å²) in [5.74, 6) is -0.525. The van der Waals surface area contributed by atoms with Gasteiger partial charge in [-0.2, -0.15) is 0 Å². The predicted molar refractivity (Wildman–Crippen MR) is 81.9 cm³/mol. The van der Waals surface area contributed by atoms with Crippen LogP contribution in [0.5, 0.6) is 0 Å². The zero-order valence-corrected chi connectivity index (χ0v) is 12.1. The van der Waals surface area contributed by atoms with Crippen molar-refractivity contribution in [2.24, 2.45) is 0 Å². The van der Waals surface area contributed by atoms with Gasteiger partial charge in [-0.1, -0.05) is 36.4 Å². The molecule has 1 rings (SSSR count). The normalized spacial score (nSPS) is 18.0. The third-order valence-electron chi connectivity index (χ3n) is 3.31. The highest BCUT2D eigenvalue weighted by atomic mass is 16.4. The number of allylic oxidation sites excluding steroid dienone is 2. The van der Waals surface area contributed by atoms with E-state index in [1.54, 1.807) is 30.3 Å². The molecule has 1 aromatic carbocycles. The Morgan fingerprint density at radius 2 is 1.64 bits per heavy atom. The van der Waals surface area contributed by atoms with Crippen molar-refractivity contribution >= 4 is 5.57 Å². The molecule has 6 nitrogen and oxygen atoms in total. The molecule has 0 saturated heterocycles. The van der Waals surface area contributed by atoms with Crippen LogP contribution in [0, 0.1) is 0 Å². The lowest BCUT2D eigenvalue weighted by molar-refractivity contribution is -0.112. The Bertz CT molecular complexity index is 499. The van der Waals surface area contributed by atoms with E-state index < -0.39 is 36.8 Å². The smallest absolute Gasteiger partial charge is 0.139 e. The largest absolute Gasteiger partial charge is 0.509 e. The lowest BCUT2D eigenvalue weighted by Crippen LogP contribution is -2.46. The summed E-state index contributed by atoms with van der Waals surface area (Å²) in [7, 11) is 0. The second-order valence-corrected chi connectivity index (χ2v) is 4.90. The molecule has 0 fully saturated rings. The van der Waals surface area contributed by atoms with E-state index in [1.165, 1.54) is 6.08 Å². The molecular weight excluding hydrogens is 288 g/mol. The van der Waals surface area contributed by atoms with Gasteiger partial charge in [0.15, 0.2) is 0 Å². The second kappa shape index (κ2) is 8.67. The van der Waals surface area contributed by atoms with Crippen molar-refractivity contribution in [2.45, 2.75) is 30.8 Å². The maximum Gasteiger partial charge on any atom is 0.139 e. The fourth-order valence-electron chi connectivity index (χ4n) is 2.02. The van der Waals surface area contributed by atoms with Gasteiger partial charge in [-0.05, 0) is 12.0 Å². The van der Waals surface area contributed by atoms with E-state index in [0.29, 0.717) is 11.1 Å². The fraction of sp³-hybridized carbons (Fsp3) is 0.375. The van der Waals surface area contributed by atoms with Crippen LogP contribution in [0.3, 0.4) is 0 Å². The Kier molecular flexibility index (Phi) is 7.23. The Labute approximate surface area is 128 Å². The summed E-state index contributed by atoms with van der Waals surface area (Å²) in [5.41, 5.74) is 0.969. The van der Waals surface area contributed by atoms with Crippen molar-refractivity contribution in [1.82, 2.24) is 0 Å². The minimum absolute atomic E-state index is 0.234. The van der Waals surface area contributed by atoms with E-state index in [4.69, 9.17) is 5.11 Å². The standard InChI is InChI=1S/C16H22O6/c1-2-6-11(10-7-4-3-5-8-10)13(19)15(21)16(22)14(20)12(18)9-17/h2-5,7-8,12,14-22H,1,6,9H2/t12-,14-,15+,16+/m1/s1. The molecule has 122 valence electrons. The van der Waals surface area contributed by atoms with Gasteiger partial charge >= 0.3 is 0 Å². The number of rotatable bonds is 8. The van der Waals surface area contributed by atoms with Gasteiger partial charge in [0.25, 0.3) is 0 Å². The van der Waals surface area contributed by atoms with Gasteiger partial charge in [0.05, 0.1) is 6.61 Å². The van der Waals surface area contributed by atoms with Crippen LogP contribution in [-0.2, 0) is 0 Å². The van der Waals surface area contributed by atoms with Crippen LogP contribution < -0.4 is 0 Å². The minimum Gasteiger partial charge on any atom is -0.509 e. The van der Waals surface area contributed by atoms with Crippen LogP contribution in [0.1, 0.15) is 12.0 Å². The van der Waals surface area contributed by atoms with E-state index >= 15 is 0 Å². The average Bonchev–Trinajstić information content (AvgIpc) is 2.57. The highest BCUT2D eigenvalue weighted by Crippen LogP contribution is 2.25. The molecule has 6 heteroatoms. The predicted octanol–water partition coefficient (Wildman–Crippen LogP) is -0.0323. The number of aliphatic hydroxyl groups excluding tert-OH is 6. The highest BCUT2D eigenvalue weighted by Gasteiger charge is 2.33. The second-order valence-electron chi connectivity index (χ2n) is 4.90. The topological polar surface area (TPSA) is 121 Å². The van der Waals surface area contributed by atoms with Gasteiger partial charge in [0, 0.05) is 5.57 Å². The molecule has 0 aliphatic rings. The maximum atomic E-state index is 10.2. The summed E-state index contributed by atoms with van der Waals surface area (Å²) in [6.45, 7) is 2.79. The summed E-state index contributed by atoms with van der Waals surface area (Å²) < 4.78 is 0. The highest BCUT2D eigenvalue weighted by molar-refractivity contribution is 5.69. The number of aliphatic hydroxyl groups is 6. The molecule has 0 bridgehead atoms. The first-order valence-electron chi connectivity index (χ1n) is 6.85. The fourth-order valence-corrected chi connectivity index (χ4v) is 2.02. The molecular formula is C16H22O6. The van der Waals surface area contributed by atoms with Crippen LogP contribution in [0.2, 0.25) is 0 Å². The summed E-state index contributed by atoms with van der Waals surface area (Å²) in [6, 6.07) is 8.72. The van der Waals surface area contributed by atoms with Gasteiger partial charge < -0.3 is 30.6 Å². The molecule has 0 heterocycles. The van der Waals surface area contributed by atoms with E-state index in [-0.39, 0.29) is 6.42 Å². The van der Waals surface area contributed by atoms with Gasteiger partial charge in [-0.3, -0.25) is 0 Å². The average molecular weight is 310 g/mol. The van der Waals surface area contributed by atoms with Crippen molar-refractivity contribution in [1.29, 1.82) is 0 Å². The van der Waals surface area contributed by atoms with E-state index in [1.807, 2.05) is 0 Å². The molecule has 22 heavy (non-hydrogen) atoms. The van der Waals surface area contributed by atoms with Crippen LogP contribution in [0.4, 0.5) is 0 Å². The van der Waals surface area contributed by atoms with Gasteiger partial charge in [0.1, 0.15) is 30.2 Å².